The number of hydrogen-bond acceptors (Lipinski definition) is 8. The van der Waals surface area contributed by atoms with Crippen molar-refractivity contribution in [2.24, 2.45) is 4.99 Å². The van der Waals surface area contributed by atoms with Gasteiger partial charge in [-0.05, 0) is 19.8 Å². The molecule has 1 aromatic heterocycles. The van der Waals surface area contributed by atoms with Crippen molar-refractivity contribution in [2.75, 3.05) is 30.1 Å². The van der Waals surface area contributed by atoms with Crippen LogP contribution in [0.25, 0.3) is 0 Å². The van der Waals surface area contributed by atoms with Crippen molar-refractivity contribution in [3.05, 3.63) is 29.2 Å². The fourth-order valence-corrected chi connectivity index (χ4v) is 2.98. The fourth-order valence-electron chi connectivity index (χ4n) is 2.98. The highest BCUT2D eigenvalue weighted by atomic mass is 19.1. The minimum atomic E-state index is -1.01. The summed E-state index contributed by atoms with van der Waals surface area (Å²) in [5.41, 5.74) is 8.91. The highest BCUT2D eigenvalue weighted by molar-refractivity contribution is 5.94. The summed E-state index contributed by atoms with van der Waals surface area (Å²) >= 11 is 0. The minimum Gasteiger partial charge on any atom is -0.393 e. The van der Waals surface area contributed by atoms with Crippen LogP contribution in [-0.2, 0) is 0 Å². The van der Waals surface area contributed by atoms with Crippen LogP contribution in [0.3, 0.4) is 0 Å². The highest BCUT2D eigenvalue weighted by Crippen LogP contribution is 2.30. The second-order valence-corrected chi connectivity index (χ2v) is 5.95. The molecule has 0 saturated carbocycles. The number of nitrogens with zero attached hydrogens (tertiary/aromatic N) is 3. The summed E-state index contributed by atoms with van der Waals surface area (Å²) in [6, 6.07) is -0.818. The molecule has 0 saturated heterocycles. The molecule has 3 rings (SSSR count). The van der Waals surface area contributed by atoms with Gasteiger partial charge in [-0.3, -0.25) is 0 Å². The summed E-state index contributed by atoms with van der Waals surface area (Å²) in [5.74, 6) is 1.06. The van der Waals surface area contributed by atoms with Crippen molar-refractivity contribution in [3.8, 4) is 0 Å². The van der Waals surface area contributed by atoms with E-state index in [1.807, 2.05) is 13.0 Å². The largest absolute Gasteiger partial charge is 0.393 e. The molecule has 1 aliphatic carbocycles. The van der Waals surface area contributed by atoms with E-state index in [0.717, 1.165) is 29.7 Å². The summed E-state index contributed by atoms with van der Waals surface area (Å²) < 4.78 is 13.7. The van der Waals surface area contributed by atoms with Gasteiger partial charge in [-0.15, -0.1) is 0 Å². The average molecular weight is 347 g/mol. The van der Waals surface area contributed by atoms with Gasteiger partial charge in [-0.25, -0.2) is 19.4 Å². The summed E-state index contributed by atoms with van der Waals surface area (Å²) in [7, 11) is 1.68. The zero-order chi connectivity index (χ0) is 18.0. The van der Waals surface area contributed by atoms with E-state index >= 15 is 0 Å². The Morgan fingerprint density at radius 2 is 2.20 bits per heavy atom. The molecule has 134 valence electrons. The Balaban J connectivity index is 1.87. The van der Waals surface area contributed by atoms with Crippen molar-refractivity contribution in [1.82, 2.24) is 15.3 Å². The maximum absolute atomic E-state index is 13.7. The fraction of sp³-hybridized carbons (Fsp3) is 0.438. The number of aliphatic hydroxyl groups excluding tert-OH is 1. The number of anilines is 3. The highest BCUT2D eigenvalue weighted by Gasteiger charge is 2.30. The number of nitrogens with one attached hydrogen (secondary N) is 3. The Hall–Kier alpha value is -2.68. The van der Waals surface area contributed by atoms with Crippen molar-refractivity contribution in [2.45, 2.75) is 32.0 Å². The number of aromatic nitrogens is 2. The zero-order valence-electron chi connectivity index (χ0n) is 14.2. The van der Waals surface area contributed by atoms with Crippen molar-refractivity contribution >= 4 is 23.2 Å². The predicted molar refractivity (Wildman–Crippen MR) is 96.0 cm³/mol. The van der Waals surface area contributed by atoms with E-state index in [1.54, 1.807) is 7.05 Å². The molecule has 2 unspecified atom stereocenters. The molecule has 0 fully saturated rings. The Kier molecular flexibility index (Phi) is 4.84. The zero-order valence-corrected chi connectivity index (χ0v) is 14.2. The van der Waals surface area contributed by atoms with E-state index in [-0.39, 0.29) is 5.69 Å². The van der Waals surface area contributed by atoms with Gasteiger partial charge in [0.1, 0.15) is 30.6 Å². The number of nitrogens with two attached hydrogens (primary N) is 1. The molecule has 9 heteroatoms. The maximum Gasteiger partial charge on any atom is 0.175 e. The van der Waals surface area contributed by atoms with E-state index in [1.165, 1.54) is 6.33 Å². The third kappa shape index (κ3) is 3.27. The summed E-state index contributed by atoms with van der Waals surface area (Å²) in [5, 5.41) is 19.3. The van der Waals surface area contributed by atoms with Gasteiger partial charge >= 0.3 is 0 Å². The standard InChI is InChI=1S/C16H22FN7O/c1-8-4-3-5-9-11(8)16(25)24-13(22-9)10(6-17)23-15-12(18)14(19-2)20-7-21-15/h5,7,10,16,25H,3-4,6,18H2,1-2H3,(H,22,24)(H2,19,20,21,23). The minimum absolute atomic E-state index is 0.286. The van der Waals surface area contributed by atoms with Crippen LogP contribution in [0.15, 0.2) is 34.2 Å². The first-order chi connectivity index (χ1) is 12.0. The lowest BCUT2D eigenvalue weighted by Crippen LogP contribution is -2.46. The molecular weight excluding hydrogens is 325 g/mol. The first kappa shape index (κ1) is 17.2. The van der Waals surface area contributed by atoms with Gasteiger partial charge in [0.2, 0.25) is 0 Å². The molecule has 2 heterocycles. The Labute approximate surface area is 145 Å². The third-order valence-corrected chi connectivity index (χ3v) is 4.32. The molecule has 8 nitrogen and oxygen atoms in total. The molecule has 0 spiro atoms. The topological polar surface area (TPSA) is 120 Å². The number of nitrogen functional groups attached to an aromatic ring is 1. The number of aliphatic hydroxyl groups is 1. The number of alkyl halides is 1. The first-order valence-electron chi connectivity index (χ1n) is 8.08. The number of rotatable bonds is 5. The normalized spacial score (nSPS) is 20.9. The molecule has 0 amide bonds. The van der Waals surface area contributed by atoms with E-state index in [4.69, 9.17) is 5.73 Å². The van der Waals surface area contributed by atoms with Gasteiger partial charge in [0.05, 0.1) is 0 Å². The van der Waals surface area contributed by atoms with E-state index < -0.39 is 18.9 Å². The second kappa shape index (κ2) is 7.06. The SMILES string of the molecule is CNc1ncnc(NC(CF)C2=NC(O)C3=C(C)CCC=C3N2)c1N. The van der Waals surface area contributed by atoms with E-state index in [0.29, 0.717) is 17.5 Å². The molecule has 6 N–H and O–H groups in total. The Morgan fingerprint density at radius 1 is 1.44 bits per heavy atom. The average Bonchev–Trinajstić information content (AvgIpc) is 2.60. The van der Waals surface area contributed by atoms with Crippen LogP contribution in [-0.4, -0.2) is 46.9 Å². The lowest BCUT2D eigenvalue weighted by molar-refractivity contribution is 0.216. The van der Waals surface area contributed by atoms with Crippen LogP contribution in [0.2, 0.25) is 0 Å². The van der Waals surface area contributed by atoms with Gasteiger partial charge < -0.3 is 26.8 Å². The maximum atomic E-state index is 13.7. The van der Waals surface area contributed by atoms with Gasteiger partial charge in [0.25, 0.3) is 0 Å². The number of fused-ring (bicyclic) bond motifs is 1. The Morgan fingerprint density at radius 3 is 2.92 bits per heavy atom. The monoisotopic (exact) mass is 347 g/mol. The smallest absolute Gasteiger partial charge is 0.175 e. The Bertz CT molecular complexity index is 759. The van der Waals surface area contributed by atoms with Crippen LogP contribution < -0.4 is 21.7 Å². The lowest BCUT2D eigenvalue weighted by atomic mass is 9.93. The molecular formula is C16H22FN7O. The molecule has 0 radical (unpaired) electrons. The number of hydrogen-bond donors (Lipinski definition) is 5. The van der Waals surface area contributed by atoms with E-state index in [2.05, 4.69) is 30.9 Å². The second-order valence-electron chi connectivity index (χ2n) is 5.95. The summed E-state index contributed by atoms with van der Waals surface area (Å²) in [6.07, 6.45) is 4.08. The van der Waals surface area contributed by atoms with Crippen molar-refractivity contribution in [3.63, 3.8) is 0 Å². The predicted octanol–water partition coefficient (Wildman–Crippen LogP) is 1.16. The van der Waals surface area contributed by atoms with Crippen LogP contribution >= 0.6 is 0 Å². The van der Waals surface area contributed by atoms with Gasteiger partial charge in [-0.2, -0.15) is 0 Å². The molecule has 1 aromatic rings. The van der Waals surface area contributed by atoms with Gasteiger partial charge in [0, 0.05) is 18.3 Å². The number of halogens is 1. The summed E-state index contributed by atoms with van der Waals surface area (Å²) in [4.78, 5) is 12.3. The van der Waals surface area contributed by atoms with Crippen molar-refractivity contribution < 1.29 is 9.50 Å². The molecule has 2 atom stereocenters. The van der Waals surface area contributed by atoms with Crippen LogP contribution in [0, 0.1) is 0 Å². The lowest BCUT2D eigenvalue weighted by Gasteiger charge is -2.31. The van der Waals surface area contributed by atoms with Crippen LogP contribution in [0.1, 0.15) is 19.8 Å². The number of allylic oxidation sites excluding steroid dienone is 2. The number of aliphatic imine (C=N–C) groups is 1. The third-order valence-electron chi connectivity index (χ3n) is 4.32. The van der Waals surface area contributed by atoms with Crippen LogP contribution in [0.4, 0.5) is 21.7 Å². The molecule has 2 aliphatic rings. The van der Waals surface area contributed by atoms with Crippen molar-refractivity contribution in [1.29, 1.82) is 0 Å². The van der Waals surface area contributed by atoms with Gasteiger partial charge in [0.15, 0.2) is 17.9 Å². The molecule has 0 aromatic carbocycles. The summed E-state index contributed by atoms with van der Waals surface area (Å²) in [6.45, 7) is 1.22. The first-order valence-corrected chi connectivity index (χ1v) is 8.08. The molecule has 0 bridgehead atoms. The van der Waals surface area contributed by atoms with E-state index in [9.17, 15) is 9.50 Å². The number of amidine groups is 1. The van der Waals surface area contributed by atoms with Gasteiger partial charge in [-0.1, -0.05) is 11.6 Å². The quantitative estimate of drug-likeness (QED) is 0.542. The molecule has 25 heavy (non-hydrogen) atoms. The van der Waals surface area contributed by atoms with Crippen LogP contribution in [0.5, 0.6) is 0 Å². The molecule has 1 aliphatic heterocycles.